The summed E-state index contributed by atoms with van der Waals surface area (Å²) in [7, 11) is 0. The van der Waals surface area contributed by atoms with Crippen molar-refractivity contribution in [3.63, 3.8) is 0 Å². The van der Waals surface area contributed by atoms with Crippen molar-refractivity contribution in [2.45, 2.75) is 18.9 Å². The molecule has 2 aliphatic rings. The number of nitrogens with zero attached hydrogens (tertiary/aromatic N) is 3. The molecule has 2 aromatic rings. The van der Waals surface area contributed by atoms with Gasteiger partial charge in [-0.15, -0.1) is 11.3 Å². The van der Waals surface area contributed by atoms with E-state index in [0.29, 0.717) is 47.6 Å². The smallest absolute Gasteiger partial charge is 0.414 e. The zero-order valence-corrected chi connectivity index (χ0v) is 18.6. The number of carbonyl (C=O) groups excluding carboxylic acids is 3. The molecule has 1 N–H and O–H groups in total. The molecule has 0 aliphatic carbocycles. The molecule has 11 heteroatoms. The number of morpholine rings is 1. The summed E-state index contributed by atoms with van der Waals surface area (Å²) >= 11 is 1.29. The van der Waals surface area contributed by atoms with E-state index in [1.54, 1.807) is 23.6 Å². The Balaban J connectivity index is 1.37. The minimum absolute atomic E-state index is 0.0286. The summed E-state index contributed by atoms with van der Waals surface area (Å²) in [4.78, 5) is 40.5. The van der Waals surface area contributed by atoms with Crippen LogP contribution >= 0.6 is 11.3 Å². The quantitative estimate of drug-likeness (QED) is 0.355. The van der Waals surface area contributed by atoms with E-state index in [1.165, 1.54) is 28.4 Å². The average Bonchev–Trinajstić information content (AvgIpc) is 3.47. The number of rotatable bonds is 8. The van der Waals surface area contributed by atoms with Crippen LogP contribution in [0.2, 0.25) is 0 Å². The number of benzene rings is 1. The molecule has 33 heavy (non-hydrogen) atoms. The van der Waals surface area contributed by atoms with Gasteiger partial charge in [-0.3, -0.25) is 19.7 Å². The molecule has 2 saturated heterocycles. The number of anilines is 2. The monoisotopic (exact) mass is 477 g/mol. The third kappa shape index (κ3) is 5.32. The number of hydroxylamine groups is 2. The first-order chi connectivity index (χ1) is 15.9. The molecule has 0 saturated carbocycles. The van der Waals surface area contributed by atoms with E-state index in [0.717, 1.165) is 0 Å². The third-order valence-corrected chi connectivity index (χ3v) is 6.39. The Bertz CT molecular complexity index is 1010. The van der Waals surface area contributed by atoms with Gasteiger partial charge < -0.3 is 14.4 Å². The molecule has 4 rings (SSSR count). The van der Waals surface area contributed by atoms with Gasteiger partial charge in [-0.1, -0.05) is 12.1 Å². The molecule has 2 amide bonds. The molecule has 0 bridgehead atoms. The maximum atomic E-state index is 14.7. The average molecular weight is 478 g/mol. The zero-order valence-electron chi connectivity index (χ0n) is 17.8. The number of hydrogen-bond donors (Lipinski definition) is 1. The van der Waals surface area contributed by atoms with Gasteiger partial charge in [0.1, 0.15) is 11.9 Å². The van der Waals surface area contributed by atoms with Crippen LogP contribution in [0.1, 0.15) is 22.5 Å². The molecular weight excluding hydrogens is 453 g/mol. The van der Waals surface area contributed by atoms with E-state index in [9.17, 15) is 24.0 Å². The summed E-state index contributed by atoms with van der Waals surface area (Å²) < 4.78 is 25.3. The topological polar surface area (TPSA) is 99.6 Å². The fourth-order valence-electron chi connectivity index (χ4n) is 3.84. The molecular formula is C22H24FN3O6S. The first kappa shape index (κ1) is 23.1. The van der Waals surface area contributed by atoms with Gasteiger partial charge in [-0.2, -0.15) is 0 Å². The second-order valence-electron chi connectivity index (χ2n) is 7.70. The lowest BCUT2D eigenvalue weighted by atomic mass is 10.2. The third-order valence-electron chi connectivity index (χ3n) is 5.48. The number of ether oxygens (including phenoxy) is 2. The Hall–Kier alpha value is -3.02. The second kappa shape index (κ2) is 10.3. The van der Waals surface area contributed by atoms with E-state index < -0.39 is 23.9 Å². The van der Waals surface area contributed by atoms with Crippen LogP contribution in [-0.4, -0.2) is 73.6 Å². The van der Waals surface area contributed by atoms with Crippen molar-refractivity contribution in [1.29, 1.82) is 0 Å². The number of cyclic esters (lactones) is 1. The molecule has 1 aromatic carbocycles. The van der Waals surface area contributed by atoms with Crippen LogP contribution in [0.3, 0.4) is 0 Å². The summed E-state index contributed by atoms with van der Waals surface area (Å²) in [5.41, 5.74) is 0.657. The molecule has 176 valence electrons. The van der Waals surface area contributed by atoms with Crippen LogP contribution in [0, 0.1) is 5.82 Å². The summed E-state index contributed by atoms with van der Waals surface area (Å²) in [5.74, 6) is -1.28. The molecule has 0 radical (unpaired) electrons. The lowest BCUT2D eigenvalue weighted by molar-refractivity contribution is -0.169. The lowest BCUT2D eigenvalue weighted by Crippen LogP contribution is -2.39. The summed E-state index contributed by atoms with van der Waals surface area (Å²) in [6.45, 7) is 1.68. The highest BCUT2D eigenvalue weighted by Crippen LogP contribution is 2.35. The second-order valence-corrected chi connectivity index (χ2v) is 8.65. The summed E-state index contributed by atoms with van der Waals surface area (Å²) in [5, 5.41) is 12.4. The van der Waals surface area contributed by atoms with Crippen molar-refractivity contribution in [3.05, 3.63) is 46.4 Å². The molecule has 9 nitrogen and oxygen atoms in total. The Kier molecular flexibility index (Phi) is 7.21. The minimum atomic E-state index is -0.805. The van der Waals surface area contributed by atoms with Gasteiger partial charge in [0.2, 0.25) is 5.91 Å². The number of carbonyl (C=O) groups is 3. The number of Topliss-reactive ketones (excluding diaryl/α,β-unsaturated/α-hetero) is 1. The van der Waals surface area contributed by atoms with Crippen molar-refractivity contribution in [1.82, 2.24) is 5.06 Å². The van der Waals surface area contributed by atoms with Crippen LogP contribution in [0.4, 0.5) is 20.6 Å². The van der Waals surface area contributed by atoms with E-state index in [2.05, 4.69) is 0 Å². The highest BCUT2D eigenvalue weighted by Gasteiger charge is 2.36. The van der Waals surface area contributed by atoms with Crippen LogP contribution in [0.25, 0.3) is 0 Å². The van der Waals surface area contributed by atoms with Gasteiger partial charge in [0.25, 0.3) is 0 Å². The van der Waals surface area contributed by atoms with E-state index in [1.807, 2.05) is 4.90 Å². The van der Waals surface area contributed by atoms with Gasteiger partial charge in [0.15, 0.2) is 5.78 Å². The normalized spacial score (nSPS) is 18.4. The SMILES string of the molecule is O=C(CCC(=O)N(O)CC1CN(c2cccc(F)c2N2CCOCC2)C(=O)O1)c1cccs1. The van der Waals surface area contributed by atoms with Crippen LogP contribution < -0.4 is 9.80 Å². The van der Waals surface area contributed by atoms with Crippen molar-refractivity contribution in [2.24, 2.45) is 0 Å². The van der Waals surface area contributed by atoms with Crippen molar-refractivity contribution in [3.8, 4) is 0 Å². The number of amides is 2. The molecule has 1 atom stereocenters. The zero-order chi connectivity index (χ0) is 23.4. The number of para-hydroxylation sites is 1. The largest absolute Gasteiger partial charge is 0.442 e. The van der Waals surface area contributed by atoms with E-state index in [4.69, 9.17) is 9.47 Å². The molecule has 1 unspecified atom stereocenters. The van der Waals surface area contributed by atoms with Crippen molar-refractivity contribution in [2.75, 3.05) is 49.2 Å². The number of thiophene rings is 1. The minimum Gasteiger partial charge on any atom is -0.442 e. The van der Waals surface area contributed by atoms with Gasteiger partial charge in [-0.05, 0) is 23.6 Å². The number of hydrogen-bond acceptors (Lipinski definition) is 8. The first-order valence-corrected chi connectivity index (χ1v) is 11.5. The van der Waals surface area contributed by atoms with Crippen molar-refractivity contribution < 1.29 is 33.5 Å². The molecule has 1 aromatic heterocycles. The molecule has 0 spiro atoms. The van der Waals surface area contributed by atoms with Gasteiger partial charge in [-0.25, -0.2) is 14.2 Å². The maximum absolute atomic E-state index is 14.7. The van der Waals surface area contributed by atoms with Crippen LogP contribution in [0.15, 0.2) is 35.7 Å². The first-order valence-electron chi connectivity index (χ1n) is 10.6. The predicted octanol–water partition coefficient (Wildman–Crippen LogP) is 2.93. The van der Waals surface area contributed by atoms with Crippen molar-refractivity contribution >= 4 is 40.5 Å². The van der Waals surface area contributed by atoms with Gasteiger partial charge >= 0.3 is 6.09 Å². The fourth-order valence-corrected chi connectivity index (χ4v) is 4.53. The number of halogens is 1. The van der Waals surface area contributed by atoms with Gasteiger partial charge in [0, 0.05) is 25.9 Å². The fraction of sp³-hybridized carbons (Fsp3) is 0.409. The van der Waals surface area contributed by atoms with Crippen LogP contribution in [0.5, 0.6) is 0 Å². The Morgan fingerprint density at radius 2 is 1.97 bits per heavy atom. The van der Waals surface area contributed by atoms with Crippen LogP contribution in [-0.2, 0) is 14.3 Å². The molecule has 2 aliphatic heterocycles. The Labute approximate surface area is 193 Å². The highest BCUT2D eigenvalue weighted by molar-refractivity contribution is 7.12. The Morgan fingerprint density at radius 1 is 1.18 bits per heavy atom. The highest BCUT2D eigenvalue weighted by atomic mass is 32.1. The van der Waals surface area contributed by atoms with E-state index >= 15 is 0 Å². The standard InChI is InChI=1S/C22H24FN3O6S/c23-16-3-1-4-17(21(16)24-8-10-31-11-9-24)25-13-15(32-22(25)29)14-26(30)20(28)7-6-18(27)19-5-2-12-33-19/h1-5,12,15,30H,6-11,13-14H2. The lowest BCUT2D eigenvalue weighted by Gasteiger charge is -2.32. The van der Waals surface area contributed by atoms with E-state index in [-0.39, 0.29) is 31.7 Å². The molecule has 3 heterocycles. The summed E-state index contributed by atoms with van der Waals surface area (Å²) in [6.07, 6.45) is -1.68. The predicted molar refractivity (Wildman–Crippen MR) is 118 cm³/mol. The number of ketones is 1. The maximum Gasteiger partial charge on any atom is 0.414 e. The molecule has 2 fully saturated rings. The van der Waals surface area contributed by atoms with Gasteiger partial charge in [0.05, 0.1) is 42.6 Å². The summed E-state index contributed by atoms with van der Waals surface area (Å²) in [6, 6.07) is 7.91. The Morgan fingerprint density at radius 3 is 2.70 bits per heavy atom.